The smallest absolute Gasteiger partial charge is 0.406 e. The Morgan fingerprint density at radius 1 is 1.08 bits per heavy atom. The molecule has 2 aliphatic heterocycles. The van der Waals surface area contributed by atoms with Crippen molar-refractivity contribution in [2.45, 2.75) is 24.8 Å². The molecule has 3 heterocycles. The Hall–Kier alpha value is -3.80. The largest absolute Gasteiger partial charge is 0.573 e. The lowest BCUT2D eigenvalue weighted by molar-refractivity contribution is -0.274. The molecule has 2 aliphatic rings. The third-order valence-corrected chi connectivity index (χ3v) is 7.53. The summed E-state index contributed by atoms with van der Waals surface area (Å²) < 4.78 is 48.2. The maximum atomic E-state index is 13.3. The summed E-state index contributed by atoms with van der Waals surface area (Å²) in [4.78, 5) is 44.3. The van der Waals surface area contributed by atoms with Gasteiger partial charge in [-0.05, 0) is 42.3 Å². The van der Waals surface area contributed by atoms with Crippen LogP contribution in [0.1, 0.15) is 22.3 Å². The number of amides is 2. The molecule has 2 fully saturated rings. The first-order chi connectivity index (χ1) is 18.0. The topological polar surface area (TPSA) is 96.9 Å². The van der Waals surface area contributed by atoms with Gasteiger partial charge in [-0.1, -0.05) is 12.1 Å². The standard InChI is InChI=1S/C26H27F3N4O5/c1-31-21-11-17(6-9-20(21)30-24(31)36)23(35)33-13-18-12-32(14-25(18,15-33)37-2)22(34)10-5-16-3-7-19(8-4-16)38-26(27,28)29/h3-4,6-9,11,18H,5,10,12-15H2,1-2H3,(H,30,36)/t18-,25+/m1/s1. The van der Waals surface area contributed by atoms with Gasteiger partial charge < -0.3 is 24.3 Å². The number of imidazole rings is 1. The average molecular weight is 533 g/mol. The van der Waals surface area contributed by atoms with E-state index in [0.717, 1.165) is 5.56 Å². The third-order valence-electron chi connectivity index (χ3n) is 7.53. The number of aromatic amines is 1. The Morgan fingerprint density at radius 2 is 1.76 bits per heavy atom. The molecule has 0 spiro atoms. The van der Waals surface area contributed by atoms with E-state index in [9.17, 15) is 27.6 Å². The van der Waals surface area contributed by atoms with Crippen molar-refractivity contribution in [2.75, 3.05) is 33.3 Å². The highest BCUT2D eigenvalue weighted by Crippen LogP contribution is 2.38. The number of alkyl halides is 3. The zero-order chi connectivity index (χ0) is 27.2. The second kappa shape index (κ2) is 9.50. The number of likely N-dealkylation sites (tertiary alicyclic amines) is 2. The normalized spacial score (nSPS) is 21.2. The molecule has 0 bridgehead atoms. The van der Waals surface area contributed by atoms with Crippen molar-refractivity contribution in [3.63, 3.8) is 0 Å². The maximum absolute atomic E-state index is 13.3. The van der Waals surface area contributed by atoms with Crippen molar-refractivity contribution < 1.29 is 32.2 Å². The number of nitrogens with one attached hydrogen (secondary N) is 1. The summed E-state index contributed by atoms with van der Waals surface area (Å²) in [5.74, 6) is -0.608. The van der Waals surface area contributed by atoms with Gasteiger partial charge in [-0.2, -0.15) is 0 Å². The fraction of sp³-hybridized carbons (Fsp3) is 0.423. The molecule has 2 saturated heterocycles. The molecule has 12 heteroatoms. The Bertz CT molecular complexity index is 1430. The minimum atomic E-state index is -4.75. The Morgan fingerprint density at radius 3 is 2.42 bits per heavy atom. The Balaban J connectivity index is 1.20. The number of fused-ring (bicyclic) bond motifs is 2. The Labute approximate surface area is 215 Å². The van der Waals surface area contributed by atoms with Crippen LogP contribution in [0.15, 0.2) is 47.3 Å². The highest BCUT2D eigenvalue weighted by molar-refractivity contribution is 5.97. The van der Waals surface area contributed by atoms with Gasteiger partial charge in [-0.15, -0.1) is 13.2 Å². The molecular weight excluding hydrogens is 505 g/mol. The number of aryl methyl sites for hydroxylation is 2. The van der Waals surface area contributed by atoms with E-state index in [2.05, 4.69) is 9.72 Å². The van der Waals surface area contributed by atoms with E-state index in [-0.39, 0.29) is 35.6 Å². The van der Waals surface area contributed by atoms with Crippen molar-refractivity contribution in [3.05, 3.63) is 64.1 Å². The van der Waals surface area contributed by atoms with Crippen LogP contribution in [0.25, 0.3) is 11.0 Å². The lowest BCUT2D eigenvalue weighted by Gasteiger charge is -2.28. The lowest BCUT2D eigenvalue weighted by atomic mass is 9.95. The van der Waals surface area contributed by atoms with Crippen LogP contribution in [-0.4, -0.2) is 76.4 Å². The van der Waals surface area contributed by atoms with Gasteiger partial charge in [0.2, 0.25) is 5.91 Å². The highest BCUT2D eigenvalue weighted by Gasteiger charge is 2.55. The molecule has 0 radical (unpaired) electrons. The second-order valence-corrected chi connectivity index (χ2v) is 9.84. The summed E-state index contributed by atoms with van der Waals surface area (Å²) in [7, 11) is 3.22. The molecule has 2 atom stereocenters. The summed E-state index contributed by atoms with van der Waals surface area (Å²) in [6, 6.07) is 10.6. The molecule has 3 aromatic rings. The zero-order valence-electron chi connectivity index (χ0n) is 20.9. The summed E-state index contributed by atoms with van der Waals surface area (Å²) in [6.07, 6.45) is -4.18. The van der Waals surface area contributed by atoms with Crippen LogP contribution < -0.4 is 10.4 Å². The summed E-state index contributed by atoms with van der Waals surface area (Å²) >= 11 is 0. The van der Waals surface area contributed by atoms with E-state index >= 15 is 0 Å². The van der Waals surface area contributed by atoms with E-state index in [1.165, 1.54) is 28.8 Å². The SMILES string of the molecule is CO[C@]12CN(C(=O)CCc3ccc(OC(F)(F)F)cc3)C[C@@H]1CN(C(=O)c1ccc3[nH]c(=O)n(C)c3c1)C2. The first-order valence-corrected chi connectivity index (χ1v) is 12.1. The van der Waals surface area contributed by atoms with Crippen molar-refractivity contribution in [1.82, 2.24) is 19.4 Å². The van der Waals surface area contributed by atoms with Gasteiger partial charge in [-0.25, -0.2) is 4.79 Å². The van der Waals surface area contributed by atoms with Crippen LogP contribution in [0.4, 0.5) is 13.2 Å². The van der Waals surface area contributed by atoms with Gasteiger partial charge >= 0.3 is 12.1 Å². The number of methoxy groups -OCH3 is 1. The number of carbonyl (C=O) groups excluding carboxylic acids is 2. The monoisotopic (exact) mass is 532 g/mol. The van der Waals surface area contributed by atoms with Gasteiger partial charge in [-0.3, -0.25) is 14.2 Å². The summed E-state index contributed by atoms with van der Waals surface area (Å²) in [5.41, 5.74) is 1.56. The first-order valence-electron chi connectivity index (χ1n) is 12.1. The molecule has 202 valence electrons. The molecule has 1 aromatic heterocycles. The molecule has 5 rings (SSSR count). The quantitative estimate of drug-likeness (QED) is 0.527. The molecule has 2 amide bonds. The van der Waals surface area contributed by atoms with Gasteiger partial charge in [0.1, 0.15) is 11.4 Å². The summed E-state index contributed by atoms with van der Waals surface area (Å²) in [5, 5.41) is 0. The van der Waals surface area contributed by atoms with Crippen LogP contribution in [0, 0.1) is 5.92 Å². The Kier molecular flexibility index (Phi) is 6.46. The maximum Gasteiger partial charge on any atom is 0.573 e. The average Bonchev–Trinajstić information content (AvgIpc) is 3.50. The van der Waals surface area contributed by atoms with E-state index < -0.39 is 12.0 Å². The molecule has 0 aliphatic carbocycles. The number of hydrogen-bond acceptors (Lipinski definition) is 5. The van der Waals surface area contributed by atoms with Crippen LogP contribution >= 0.6 is 0 Å². The van der Waals surface area contributed by atoms with E-state index in [0.29, 0.717) is 49.2 Å². The number of benzene rings is 2. The molecule has 0 unspecified atom stereocenters. The highest BCUT2D eigenvalue weighted by atomic mass is 19.4. The lowest BCUT2D eigenvalue weighted by Crippen LogP contribution is -2.44. The fourth-order valence-corrected chi connectivity index (χ4v) is 5.45. The zero-order valence-corrected chi connectivity index (χ0v) is 20.9. The first kappa shape index (κ1) is 25.8. The van der Waals surface area contributed by atoms with E-state index in [1.807, 2.05) is 0 Å². The second-order valence-electron chi connectivity index (χ2n) is 9.84. The number of hydrogen-bond donors (Lipinski definition) is 1. The van der Waals surface area contributed by atoms with Crippen LogP contribution in [-0.2, 0) is 23.0 Å². The molecule has 9 nitrogen and oxygen atoms in total. The van der Waals surface area contributed by atoms with Crippen LogP contribution in [0.2, 0.25) is 0 Å². The minimum absolute atomic E-state index is 0.0560. The fourth-order valence-electron chi connectivity index (χ4n) is 5.45. The molecule has 1 N–H and O–H groups in total. The number of aromatic nitrogens is 2. The van der Waals surface area contributed by atoms with Gasteiger partial charge in [0.15, 0.2) is 0 Å². The number of rotatable bonds is 6. The van der Waals surface area contributed by atoms with Crippen LogP contribution in [0.5, 0.6) is 5.75 Å². The number of halogens is 3. The number of carbonyl (C=O) groups is 2. The van der Waals surface area contributed by atoms with Gasteiger partial charge in [0.05, 0.1) is 24.1 Å². The van der Waals surface area contributed by atoms with E-state index in [4.69, 9.17) is 4.74 Å². The van der Waals surface area contributed by atoms with Gasteiger partial charge in [0.25, 0.3) is 5.91 Å². The number of ether oxygens (including phenoxy) is 2. The minimum Gasteiger partial charge on any atom is -0.406 e. The van der Waals surface area contributed by atoms with Crippen LogP contribution in [0.3, 0.4) is 0 Å². The number of nitrogens with zero attached hydrogens (tertiary/aromatic N) is 3. The number of H-pyrrole nitrogens is 1. The van der Waals surface area contributed by atoms with Gasteiger partial charge in [0, 0.05) is 45.1 Å². The third kappa shape index (κ3) is 4.87. The molecule has 0 saturated carbocycles. The summed E-state index contributed by atoms with van der Waals surface area (Å²) in [6.45, 7) is 1.56. The van der Waals surface area contributed by atoms with E-state index in [1.54, 1.807) is 42.2 Å². The molecule has 38 heavy (non-hydrogen) atoms. The predicted molar refractivity (Wildman–Crippen MR) is 131 cm³/mol. The van der Waals surface area contributed by atoms with Crippen molar-refractivity contribution in [2.24, 2.45) is 13.0 Å². The van der Waals surface area contributed by atoms with Crippen molar-refractivity contribution in [3.8, 4) is 5.75 Å². The van der Waals surface area contributed by atoms with Crippen molar-refractivity contribution in [1.29, 1.82) is 0 Å². The van der Waals surface area contributed by atoms with Crippen molar-refractivity contribution >= 4 is 22.8 Å². The molecular formula is C26H27F3N4O5. The molecule has 2 aromatic carbocycles. The predicted octanol–water partition coefficient (Wildman–Crippen LogP) is 2.70.